The molecule has 0 aliphatic carbocycles. The van der Waals surface area contributed by atoms with Crippen molar-refractivity contribution in [2.75, 3.05) is 0 Å². The third kappa shape index (κ3) is 5.74. The Morgan fingerprint density at radius 3 is 2.42 bits per heavy atom. The minimum Gasteiger partial charge on any atom is -0.271 e. The zero-order valence-corrected chi connectivity index (χ0v) is 20.1. The molecule has 6 nitrogen and oxygen atoms in total. The van der Waals surface area contributed by atoms with Gasteiger partial charge in [0, 0.05) is 10.8 Å². The first-order valence-electron chi connectivity index (χ1n) is 9.65. The Morgan fingerprint density at radius 1 is 0.970 bits per heavy atom. The van der Waals surface area contributed by atoms with E-state index in [2.05, 4.69) is 14.9 Å². The second-order valence-corrected chi connectivity index (χ2v) is 10.4. The van der Waals surface area contributed by atoms with Gasteiger partial charge in [0.2, 0.25) is 10.0 Å². The van der Waals surface area contributed by atoms with Gasteiger partial charge in [-0.05, 0) is 48.0 Å². The first-order chi connectivity index (χ1) is 15.8. The molecule has 0 fully saturated rings. The average Bonchev–Trinajstić information content (AvgIpc) is 3.22. The molecule has 0 aliphatic heterocycles. The summed E-state index contributed by atoms with van der Waals surface area (Å²) < 4.78 is 42.8. The van der Waals surface area contributed by atoms with Crippen LogP contribution in [0.25, 0.3) is 5.69 Å². The molecule has 0 unspecified atom stereocenters. The van der Waals surface area contributed by atoms with E-state index >= 15 is 0 Å². The maximum atomic E-state index is 13.2. The third-order valence-corrected chi connectivity index (χ3v) is 7.58. The van der Waals surface area contributed by atoms with Crippen LogP contribution in [0.1, 0.15) is 11.4 Å². The van der Waals surface area contributed by atoms with E-state index in [1.54, 1.807) is 53.1 Å². The molecule has 0 radical (unpaired) electrons. The van der Waals surface area contributed by atoms with E-state index in [-0.39, 0.29) is 17.3 Å². The predicted molar refractivity (Wildman–Crippen MR) is 128 cm³/mol. The molecular formula is C22H17Cl2FN4O2S2. The molecular weight excluding hydrogens is 506 g/mol. The van der Waals surface area contributed by atoms with Gasteiger partial charge in [-0.1, -0.05) is 65.3 Å². The van der Waals surface area contributed by atoms with Gasteiger partial charge in [0.25, 0.3) is 0 Å². The van der Waals surface area contributed by atoms with Gasteiger partial charge < -0.3 is 0 Å². The lowest BCUT2D eigenvalue weighted by atomic mass is 10.2. The number of sulfonamides is 1. The van der Waals surface area contributed by atoms with Crippen LogP contribution in [0.3, 0.4) is 0 Å². The van der Waals surface area contributed by atoms with Crippen molar-refractivity contribution in [1.29, 1.82) is 0 Å². The van der Waals surface area contributed by atoms with Crippen molar-refractivity contribution in [2.45, 2.75) is 22.3 Å². The van der Waals surface area contributed by atoms with Crippen molar-refractivity contribution in [1.82, 2.24) is 19.5 Å². The maximum Gasteiger partial charge on any atom is 0.240 e. The second kappa shape index (κ2) is 10.2. The van der Waals surface area contributed by atoms with Gasteiger partial charge in [-0.25, -0.2) is 17.5 Å². The molecule has 170 valence electrons. The Balaban J connectivity index is 1.65. The summed E-state index contributed by atoms with van der Waals surface area (Å²) in [5.41, 5.74) is 1.41. The molecule has 1 N–H and O–H groups in total. The number of hydrogen-bond acceptors (Lipinski definition) is 5. The van der Waals surface area contributed by atoms with Crippen molar-refractivity contribution in [3.05, 3.63) is 100 Å². The number of rotatable bonds is 8. The summed E-state index contributed by atoms with van der Waals surface area (Å²) in [6.45, 7) is -0.121. The van der Waals surface area contributed by atoms with E-state index in [1.165, 1.54) is 36.0 Å². The van der Waals surface area contributed by atoms with Gasteiger partial charge in [0.15, 0.2) is 11.0 Å². The van der Waals surface area contributed by atoms with E-state index in [0.717, 1.165) is 5.56 Å². The fraction of sp³-hybridized carbons (Fsp3) is 0.0909. The highest BCUT2D eigenvalue weighted by atomic mass is 35.5. The summed E-state index contributed by atoms with van der Waals surface area (Å²) in [5, 5.41) is 9.76. The van der Waals surface area contributed by atoms with Crippen molar-refractivity contribution in [2.24, 2.45) is 0 Å². The van der Waals surface area contributed by atoms with Crippen LogP contribution in [0.2, 0.25) is 10.0 Å². The van der Waals surface area contributed by atoms with Crippen LogP contribution in [0.15, 0.2) is 82.8 Å². The Bertz CT molecular complexity index is 1370. The largest absolute Gasteiger partial charge is 0.271 e. The second-order valence-electron chi connectivity index (χ2n) is 6.88. The molecule has 4 aromatic rings. The summed E-state index contributed by atoms with van der Waals surface area (Å²) in [6.07, 6.45) is 0. The predicted octanol–water partition coefficient (Wildman–Crippen LogP) is 5.48. The molecule has 0 spiro atoms. The molecule has 3 aromatic carbocycles. The highest BCUT2D eigenvalue weighted by Gasteiger charge is 2.20. The standard InChI is InChI=1S/C22H17Cl2FN4O2S2/c23-16-8-11-19(24)20(12-16)29-21(13-26-33(30,31)18-4-2-1-3-5-18)27-28-22(29)32-14-15-6-9-17(25)10-7-15/h1-12,26H,13-14H2. The number of thioether (sulfide) groups is 1. The van der Waals surface area contributed by atoms with Crippen LogP contribution in [-0.4, -0.2) is 23.2 Å². The minimum atomic E-state index is -3.76. The van der Waals surface area contributed by atoms with Gasteiger partial charge in [-0.15, -0.1) is 10.2 Å². The zero-order valence-electron chi connectivity index (χ0n) is 17.0. The van der Waals surface area contributed by atoms with Gasteiger partial charge in [0.1, 0.15) is 5.82 Å². The van der Waals surface area contributed by atoms with Crippen molar-refractivity contribution < 1.29 is 12.8 Å². The van der Waals surface area contributed by atoms with Crippen molar-refractivity contribution in [3.63, 3.8) is 0 Å². The summed E-state index contributed by atoms with van der Waals surface area (Å²) in [4.78, 5) is 0.141. The van der Waals surface area contributed by atoms with Crippen LogP contribution in [-0.2, 0) is 22.3 Å². The van der Waals surface area contributed by atoms with E-state index in [9.17, 15) is 12.8 Å². The molecule has 1 aromatic heterocycles. The molecule has 0 saturated carbocycles. The third-order valence-electron chi connectivity index (χ3n) is 4.60. The van der Waals surface area contributed by atoms with Crippen molar-refractivity contribution in [3.8, 4) is 5.69 Å². The van der Waals surface area contributed by atoms with Gasteiger partial charge >= 0.3 is 0 Å². The fourth-order valence-corrected chi connectivity index (χ4v) is 5.27. The van der Waals surface area contributed by atoms with Crippen LogP contribution in [0.5, 0.6) is 0 Å². The number of nitrogens with one attached hydrogen (secondary N) is 1. The van der Waals surface area contributed by atoms with Gasteiger partial charge in [0.05, 0.1) is 22.2 Å². The fourth-order valence-electron chi connectivity index (χ4n) is 2.98. The van der Waals surface area contributed by atoms with Crippen LogP contribution in [0, 0.1) is 5.82 Å². The lowest BCUT2D eigenvalue weighted by molar-refractivity contribution is 0.578. The quantitative estimate of drug-likeness (QED) is 0.310. The number of nitrogens with zero attached hydrogens (tertiary/aromatic N) is 3. The summed E-state index contributed by atoms with van der Waals surface area (Å²) in [7, 11) is -3.76. The molecule has 33 heavy (non-hydrogen) atoms. The Kier molecular flexibility index (Phi) is 7.35. The lowest BCUT2D eigenvalue weighted by Gasteiger charge is -2.13. The Labute approximate surface area is 204 Å². The Hall–Kier alpha value is -2.43. The normalized spacial score (nSPS) is 11.6. The van der Waals surface area contributed by atoms with Crippen LogP contribution < -0.4 is 4.72 Å². The van der Waals surface area contributed by atoms with E-state index < -0.39 is 10.0 Å². The van der Waals surface area contributed by atoms with Crippen molar-refractivity contribution >= 4 is 45.0 Å². The summed E-state index contributed by atoms with van der Waals surface area (Å²) in [6, 6.07) is 19.1. The molecule has 11 heteroatoms. The number of benzene rings is 3. The molecule has 0 atom stereocenters. The summed E-state index contributed by atoms with van der Waals surface area (Å²) >= 11 is 14.0. The maximum absolute atomic E-state index is 13.2. The highest BCUT2D eigenvalue weighted by Crippen LogP contribution is 2.31. The molecule has 4 rings (SSSR count). The Morgan fingerprint density at radius 2 is 1.70 bits per heavy atom. The molecule has 0 amide bonds. The topological polar surface area (TPSA) is 76.9 Å². The van der Waals surface area contributed by atoms with Gasteiger partial charge in [-0.2, -0.15) is 0 Å². The summed E-state index contributed by atoms with van der Waals surface area (Å²) in [5.74, 6) is 0.512. The highest BCUT2D eigenvalue weighted by molar-refractivity contribution is 7.98. The van der Waals surface area contributed by atoms with Crippen LogP contribution in [0.4, 0.5) is 4.39 Å². The first-order valence-corrected chi connectivity index (χ1v) is 12.9. The number of aromatic nitrogens is 3. The monoisotopic (exact) mass is 522 g/mol. The van der Waals surface area contributed by atoms with E-state index in [4.69, 9.17) is 23.2 Å². The molecule has 0 saturated heterocycles. The number of halogens is 3. The SMILES string of the molecule is O=S(=O)(NCc1nnc(SCc2ccc(F)cc2)n1-c1cc(Cl)ccc1Cl)c1ccccc1. The molecule has 0 aliphatic rings. The smallest absolute Gasteiger partial charge is 0.240 e. The average molecular weight is 523 g/mol. The van der Waals surface area contributed by atoms with Gasteiger partial charge in [-0.3, -0.25) is 4.57 Å². The first kappa shape index (κ1) is 23.7. The van der Waals surface area contributed by atoms with E-state index in [1.807, 2.05) is 0 Å². The van der Waals surface area contributed by atoms with E-state index in [0.29, 0.717) is 32.5 Å². The molecule has 1 heterocycles. The lowest BCUT2D eigenvalue weighted by Crippen LogP contribution is -2.25. The molecule has 0 bridgehead atoms. The van der Waals surface area contributed by atoms with Crippen LogP contribution >= 0.6 is 35.0 Å². The zero-order chi connectivity index (χ0) is 23.4. The number of hydrogen-bond donors (Lipinski definition) is 1. The minimum absolute atomic E-state index is 0.121.